The highest BCUT2D eigenvalue weighted by Gasteiger charge is 1.90. The molecule has 0 aliphatic heterocycles. The van der Waals surface area contributed by atoms with Crippen molar-refractivity contribution >= 4 is 0 Å². The first kappa shape index (κ1) is 18.5. The van der Waals surface area contributed by atoms with Gasteiger partial charge in [0.15, 0.2) is 0 Å². The molecule has 17 heavy (non-hydrogen) atoms. The molecule has 0 unspecified atom stereocenters. The fourth-order valence-corrected chi connectivity index (χ4v) is 1.34. The molecule has 0 aliphatic rings. The van der Waals surface area contributed by atoms with Gasteiger partial charge in [-0.2, -0.15) is 0 Å². The second kappa shape index (κ2) is 15.2. The smallest absolute Gasteiger partial charge is 0.0319 e. The van der Waals surface area contributed by atoms with Gasteiger partial charge in [-0.05, 0) is 12.8 Å². The molecular formula is C16H30O. The molecule has 1 aromatic rings. The van der Waals surface area contributed by atoms with Crippen LogP contribution < -0.4 is 0 Å². The van der Waals surface area contributed by atoms with Gasteiger partial charge in [0, 0.05) is 7.11 Å². The Labute approximate surface area is 108 Å². The van der Waals surface area contributed by atoms with Gasteiger partial charge in [-0.3, -0.25) is 0 Å². The zero-order valence-corrected chi connectivity index (χ0v) is 12.2. The molecule has 1 heteroatoms. The van der Waals surface area contributed by atoms with Crippen LogP contribution in [0.1, 0.15) is 52.0 Å². The van der Waals surface area contributed by atoms with Crippen LogP contribution in [-0.2, 0) is 0 Å². The van der Waals surface area contributed by atoms with Crippen LogP contribution in [0.2, 0.25) is 0 Å². The summed E-state index contributed by atoms with van der Waals surface area (Å²) in [6.07, 6.45) is 5.60. The van der Waals surface area contributed by atoms with Gasteiger partial charge in [0.05, 0.1) is 0 Å². The molecule has 0 aliphatic carbocycles. The van der Waals surface area contributed by atoms with Crippen molar-refractivity contribution in [1.29, 1.82) is 0 Å². The maximum Gasteiger partial charge on any atom is 0.0319 e. The minimum atomic E-state index is 0.904. The Hall–Kier alpha value is -0.820. The quantitative estimate of drug-likeness (QED) is 0.745. The molecule has 0 heterocycles. The van der Waals surface area contributed by atoms with E-state index in [1.807, 2.05) is 18.2 Å². The predicted octanol–water partition coefficient (Wildman–Crippen LogP) is 4.83. The molecule has 0 saturated heterocycles. The van der Waals surface area contributed by atoms with E-state index in [9.17, 15) is 0 Å². The van der Waals surface area contributed by atoms with Crippen LogP contribution >= 0.6 is 0 Å². The molecule has 1 N–H and O–H groups in total. The Morgan fingerprint density at radius 3 is 1.82 bits per heavy atom. The van der Waals surface area contributed by atoms with Crippen LogP contribution in [0.4, 0.5) is 0 Å². The summed E-state index contributed by atoms with van der Waals surface area (Å²) in [4.78, 5) is 0. The summed E-state index contributed by atoms with van der Waals surface area (Å²) in [6.45, 7) is 8.91. The molecule has 1 aromatic carbocycles. The molecule has 0 spiro atoms. The summed E-state index contributed by atoms with van der Waals surface area (Å²) in [5, 5.41) is 7.00. The number of aryl methyl sites for hydroxylation is 1. The summed E-state index contributed by atoms with van der Waals surface area (Å²) in [6, 6.07) is 10.3. The number of rotatable bonds is 4. The lowest BCUT2D eigenvalue weighted by molar-refractivity contribution is 0.399. The van der Waals surface area contributed by atoms with Crippen LogP contribution in [0.25, 0.3) is 0 Å². The highest BCUT2D eigenvalue weighted by Crippen LogP contribution is 2.06. The molecular weight excluding hydrogens is 208 g/mol. The van der Waals surface area contributed by atoms with Gasteiger partial charge >= 0.3 is 0 Å². The van der Waals surface area contributed by atoms with Crippen LogP contribution in [-0.4, -0.2) is 12.2 Å². The lowest BCUT2D eigenvalue weighted by Crippen LogP contribution is -1.85. The van der Waals surface area contributed by atoms with Gasteiger partial charge in [0.25, 0.3) is 0 Å². The van der Waals surface area contributed by atoms with Gasteiger partial charge in [0.2, 0.25) is 0 Å². The average molecular weight is 238 g/mol. The number of aliphatic hydroxyl groups is 1. The van der Waals surface area contributed by atoms with Gasteiger partial charge < -0.3 is 5.11 Å². The highest BCUT2D eigenvalue weighted by molar-refractivity contribution is 5.11. The third-order valence-corrected chi connectivity index (χ3v) is 2.33. The minimum Gasteiger partial charge on any atom is -0.400 e. The zero-order chi connectivity index (χ0) is 13.5. The summed E-state index contributed by atoms with van der Waals surface area (Å²) in [5.41, 5.74) is 1.32. The molecule has 0 aromatic heterocycles. The number of aliphatic hydroxyl groups excluding tert-OH is 1. The lowest BCUT2D eigenvalue weighted by Gasteiger charge is -2.00. The minimum absolute atomic E-state index is 0.904. The van der Waals surface area contributed by atoms with Crippen LogP contribution in [0.15, 0.2) is 30.3 Å². The van der Waals surface area contributed by atoms with Gasteiger partial charge in [0.1, 0.15) is 0 Å². The molecule has 0 bridgehead atoms. The highest BCUT2D eigenvalue weighted by atomic mass is 16.2. The summed E-state index contributed by atoms with van der Waals surface area (Å²) < 4.78 is 0. The third-order valence-electron chi connectivity index (χ3n) is 2.33. The second-order valence-electron chi connectivity index (χ2n) is 4.54. The van der Waals surface area contributed by atoms with Crippen molar-refractivity contribution in [2.24, 2.45) is 5.92 Å². The van der Waals surface area contributed by atoms with Crippen LogP contribution in [0, 0.1) is 12.8 Å². The third kappa shape index (κ3) is 17.8. The van der Waals surface area contributed by atoms with E-state index >= 15 is 0 Å². The topological polar surface area (TPSA) is 20.2 Å². The van der Waals surface area contributed by atoms with E-state index in [2.05, 4.69) is 39.8 Å². The van der Waals surface area contributed by atoms with E-state index in [-0.39, 0.29) is 0 Å². The molecule has 1 rings (SSSR count). The van der Waals surface area contributed by atoms with Crippen molar-refractivity contribution in [2.45, 2.75) is 53.4 Å². The maximum absolute atomic E-state index is 7.00. The van der Waals surface area contributed by atoms with E-state index in [0.717, 1.165) is 13.0 Å². The van der Waals surface area contributed by atoms with E-state index in [0.29, 0.717) is 0 Å². The fraction of sp³-hybridized carbons (Fsp3) is 0.625. The Kier molecular flexibility index (Phi) is 16.6. The summed E-state index contributed by atoms with van der Waals surface area (Å²) in [7, 11) is 1.00. The van der Waals surface area contributed by atoms with Crippen LogP contribution in [0.5, 0.6) is 0 Å². The SMILES string of the molecule is CCCCCC(C)C.CO.Cc1ccccc1. The monoisotopic (exact) mass is 238 g/mol. The van der Waals surface area contributed by atoms with Crippen molar-refractivity contribution in [3.63, 3.8) is 0 Å². The Bertz CT molecular complexity index is 216. The first-order valence-corrected chi connectivity index (χ1v) is 6.63. The summed E-state index contributed by atoms with van der Waals surface area (Å²) >= 11 is 0. The van der Waals surface area contributed by atoms with Crippen LogP contribution in [0.3, 0.4) is 0 Å². The Balaban J connectivity index is 0. The lowest BCUT2D eigenvalue weighted by atomic mass is 10.1. The molecule has 0 radical (unpaired) electrons. The Morgan fingerprint density at radius 1 is 1.00 bits per heavy atom. The standard InChI is InChI=1S/C8H18.C7H8.CH4O/c1-4-5-6-7-8(2)3;1-7-5-3-2-4-6-7;1-2/h8H,4-7H2,1-3H3;2-6H,1H3;2H,1H3. The molecule has 0 atom stereocenters. The molecule has 0 amide bonds. The van der Waals surface area contributed by atoms with Gasteiger partial charge in [-0.1, -0.05) is 82.3 Å². The van der Waals surface area contributed by atoms with Crippen molar-refractivity contribution in [3.8, 4) is 0 Å². The van der Waals surface area contributed by atoms with Gasteiger partial charge in [-0.25, -0.2) is 0 Å². The number of benzene rings is 1. The molecule has 0 fully saturated rings. The molecule has 1 nitrogen and oxygen atoms in total. The molecule has 100 valence electrons. The first-order chi connectivity index (χ1) is 8.16. The maximum atomic E-state index is 7.00. The van der Waals surface area contributed by atoms with E-state index in [1.54, 1.807) is 0 Å². The predicted molar refractivity (Wildman–Crippen MR) is 78.3 cm³/mol. The van der Waals surface area contributed by atoms with Crippen molar-refractivity contribution in [3.05, 3.63) is 35.9 Å². The second-order valence-corrected chi connectivity index (χ2v) is 4.54. The van der Waals surface area contributed by atoms with E-state index in [1.165, 1.54) is 31.2 Å². The average Bonchev–Trinajstić information content (AvgIpc) is 2.33. The summed E-state index contributed by atoms with van der Waals surface area (Å²) in [5.74, 6) is 0.904. The fourth-order valence-electron chi connectivity index (χ4n) is 1.34. The Morgan fingerprint density at radius 2 is 1.53 bits per heavy atom. The van der Waals surface area contributed by atoms with Crippen molar-refractivity contribution in [1.82, 2.24) is 0 Å². The van der Waals surface area contributed by atoms with E-state index < -0.39 is 0 Å². The van der Waals surface area contributed by atoms with E-state index in [4.69, 9.17) is 5.11 Å². The van der Waals surface area contributed by atoms with Crippen molar-refractivity contribution in [2.75, 3.05) is 7.11 Å². The number of unbranched alkanes of at least 4 members (excludes halogenated alkanes) is 2. The number of hydrogen-bond donors (Lipinski definition) is 1. The molecule has 0 saturated carbocycles. The largest absolute Gasteiger partial charge is 0.400 e. The van der Waals surface area contributed by atoms with Gasteiger partial charge in [-0.15, -0.1) is 0 Å². The van der Waals surface area contributed by atoms with Crippen molar-refractivity contribution < 1.29 is 5.11 Å². The number of hydrogen-bond acceptors (Lipinski definition) is 1. The normalized spacial score (nSPS) is 8.88. The first-order valence-electron chi connectivity index (χ1n) is 6.63. The zero-order valence-electron chi connectivity index (χ0n) is 12.2.